The molecule has 0 rings (SSSR count). The van der Waals surface area contributed by atoms with Gasteiger partial charge in [-0.05, 0) is 24.2 Å². The average molecular weight is 272 g/mol. The number of hydrogen-bond donors (Lipinski definition) is 4. The molecule has 0 aliphatic heterocycles. The van der Waals surface area contributed by atoms with Crippen LogP contribution in [-0.2, 0) is 0 Å². The van der Waals surface area contributed by atoms with E-state index in [1.54, 1.807) is 0 Å². The highest BCUT2D eigenvalue weighted by atomic mass is 15.0. The molecule has 0 heterocycles. The Bertz CT molecular complexity index is 260. The number of hydrogen-bond acceptors (Lipinski definition) is 4. The van der Waals surface area contributed by atoms with Gasteiger partial charge < -0.3 is 22.5 Å². The maximum atomic E-state index is 6.25. The van der Waals surface area contributed by atoms with E-state index in [2.05, 4.69) is 46.9 Å². The van der Waals surface area contributed by atoms with Crippen LogP contribution in [0.4, 0.5) is 0 Å². The second-order valence-electron chi connectivity index (χ2n) is 8.41. The smallest absolute Gasteiger partial charge is 0.0403 e. The van der Waals surface area contributed by atoms with E-state index in [0.717, 1.165) is 13.0 Å². The van der Waals surface area contributed by atoms with Gasteiger partial charge in [-0.15, -0.1) is 0 Å². The van der Waals surface area contributed by atoms with E-state index >= 15 is 0 Å². The SMILES string of the molecule is CC(C)(C)CNC(CC(N)C(C)(N)CN)C(C)(C)C. The van der Waals surface area contributed by atoms with E-state index in [9.17, 15) is 0 Å². The number of nitrogens with one attached hydrogen (secondary N) is 1. The van der Waals surface area contributed by atoms with E-state index < -0.39 is 5.54 Å². The zero-order chi connectivity index (χ0) is 15.5. The highest BCUT2D eigenvalue weighted by Gasteiger charge is 2.33. The molecule has 3 unspecified atom stereocenters. The topological polar surface area (TPSA) is 90.1 Å². The lowest BCUT2D eigenvalue weighted by Gasteiger charge is -2.39. The maximum Gasteiger partial charge on any atom is 0.0403 e. The van der Waals surface area contributed by atoms with Crippen LogP contribution in [0.25, 0.3) is 0 Å². The van der Waals surface area contributed by atoms with E-state index in [1.807, 2.05) is 6.92 Å². The molecule has 0 aromatic rings. The van der Waals surface area contributed by atoms with Gasteiger partial charge in [-0.2, -0.15) is 0 Å². The lowest BCUT2D eigenvalue weighted by Crippen LogP contribution is -2.60. The molecule has 4 heteroatoms. The molecule has 7 N–H and O–H groups in total. The minimum Gasteiger partial charge on any atom is -0.329 e. The van der Waals surface area contributed by atoms with Crippen LogP contribution in [0.3, 0.4) is 0 Å². The van der Waals surface area contributed by atoms with Crippen molar-refractivity contribution in [3.8, 4) is 0 Å². The van der Waals surface area contributed by atoms with E-state index in [4.69, 9.17) is 17.2 Å². The van der Waals surface area contributed by atoms with Crippen molar-refractivity contribution in [3.63, 3.8) is 0 Å². The molecule has 3 atom stereocenters. The predicted octanol–water partition coefficient (Wildman–Crippen LogP) is 1.43. The standard InChI is InChI=1S/C15H36N4/c1-13(2,3)10-19-12(14(4,5)6)8-11(17)15(7,18)9-16/h11-12,19H,8-10,16-18H2,1-7H3. The number of nitrogens with two attached hydrogens (primary N) is 3. The monoisotopic (exact) mass is 272 g/mol. The molecule has 0 aliphatic carbocycles. The summed E-state index contributed by atoms with van der Waals surface area (Å²) in [5.41, 5.74) is 18.0. The van der Waals surface area contributed by atoms with Gasteiger partial charge in [0.2, 0.25) is 0 Å². The zero-order valence-corrected chi connectivity index (χ0v) is 14.0. The third-order valence-electron chi connectivity index (χ3n) is 3.70. The van der Waals surface area contributed by atoms with Crippen LogP contribution in [-0.4, -0.2) is 30.7 Å². The summed E-state index contributed by atoms with van der Waals surface area (Å²) in [4.78, 5) is 0. The first-order valence-electron chi connectivity index (χ1n) is 7.27. The van der Waals surface area contributed by atoms with Crippen molar-refractivity contribution < 1.29 is 0 Å². The number of rotatable bonds is 6. The average Bonchev–Trinajstić information content (AvgIpc) is 2.20. The molecule has 0 aromatic carbocycles. The molecule has 0 aliphatic rings. The minimum absolute atomic E-state index is 0.103. The molecule has 0 saturated carbocycles. The van der Waals surface area contributed by atoms with Gasteiger partial charge in [0.25, 0.3) is 0 Å². The Balaban J connectivity index is 4.71. The summed E-state index contributed by atoms with van der Waals surface area (Å²) in [6.07, 6.45) is 0.837. The van der Waals surface area contributed by atoms with E-state index in [1.165, 1.54) is 0 Å². The fraction of sp³-hybridized carbons (Fsp3) is 1.00. The largest absolute Gasteiger partial charge is 0.329 e. The van der Waals surface area contributed by atoms with Gasteiger partial charge in [0.05, 0.1) is 0 Å². The molecule has 0 fully saturated rings. The normalized spacial score (nSPS) is 19.9. The van der Waals surface area contributed by atoms with Crippen molar-refractivity contribution in [1.82, 2.24) is 5.32 Å². The quantitative estimate of drug-likeness (QED) is 0.589. The second kappa shape index (κ2) is 6.53. The van der Waals surface area contributed by atoms with Crippen molar-refractivity contribution in [2.75, 3.05) is 13.1 Å². The van der Waals surface area contributed by atoms with Crippen molar-refractivity contribution in [1.29, 1.82) is 0 Å². The third kappa shape index (κ3) is 7.25. The van der Waals surface area contributed by atoms with Crippen molar-refractivity contribution >= 4 is 0 Å². The Labute approximate surface area is 119 Å². The Hall–Kier alpha value is -0.160. The van der Waals surface area contributed by atoms with E-state index in [-0.39, 0.29) is 16.9 Å². The first kappa shape index (κ1) is 18.8. The first-order chi connectivity index (χ1) is 8.29. The lowest BCUT2D eigenvalue weighted by atomic mass is 9.78. The molecule has 19 heavy (non-hydrogen) atoms. The van der Waals surface area contributed by atoms with Crippen LogP contribution in [0, 0.1) is 10.8 Å². The Kier molecular flexibility index (Phi) is 6.47. The summed E-state index contributed by atoms with van der Waals surface area (Å²) < 4.78 is 0. The predicted molar refractivity (Wildman–Crippen MR) is 84.9 cm³/mol. The van der Waals surface area contributed by atoms with Crippen LogP contribution in [0.5, 0.6) is 0 Å². The fourth-order valence-corrected chi connectivity index (χ4v) is 1.85. The van der Waals surface area contributed by atoms with E-state index in [0.29, 0.717) is 12.6 Å². The lowest BCUT2D eigenvalue weighted by molar-refractivity contribution is 0.200. The molecule has 4 nitrogen and oxygen atoms in total. The van der Waals surface area contributed by atoms with Gasteiger partial charge >= 0.3 is 0 Å². The summed E-state index contributed by atoms with van der Waals surface area (Å²) in [5, 5.41) is 3.65. The van der Waals surface area contributed by atoms with Crippen LogP contribution < -0.4 is 22.5 Å². The van der Waals surface area contributed by atoms with Crippen molar-refractivity contribution in [3.05, 3.63) is 0 Å². The van der Waals surface area contributed by atoms with Crippen LogP contribution in [0.2, 0.25) is 0 Å². The molecule has 116 valence electrons. The van der Waals surface area contributed by atoms with Crippen LogP contribution in [0.1, 0.15) is 54.9 Å². The molecule has 0 saturated heterocycles. The van der Waals surface area contributed by atoms with Crippen LogP contribution in [0.15, 0.2) is 0 Å². The Morgan fingerprint density at radius 1 is 1.00 bits per heavy atom. The molecular weight excluding hydrogens is 236 g/mol. The molecule has 0 radical (unpaired) electrons. The summed E-state index contributed by atoms with van der Waals surface area (Å²) >= 11 is 0. The van der Waals surface area contributed by atoms with Gasteiger partial charge in [0.15, 0.2) is 0 Å². The van der Waals surface area contributed by atoms with Crippen LogP contribution >= 0.6 is 0 Å². The maximum absolute atomic E-state index is 6.25. The third-order valence-corrected chi connectivity index (χ3v) is 3.70. The van der Waals surface area contributed by atoms with Crippen molar-refractivity contribution in [2.45, 2.75) is 72.5 Å². The van der Waals surface area contributed by atoms with Gasteiger partial charge in [0.1, 0.15) is 0 Å². The highest BCUT2D eigenvalue weighted by Crippen LogP contribution is 2.25. The van der Waals surface area contributed by atoms with Gasteiger partial charge in [0, 0.05) is 30.7 Å². The summed E-state index contributed by atoms with van der Waals surface area (Å²) in [6.45, 7) is 16.7. The second-order valence-corrected chi connectivity index (χ2v) is 8.41. The minimum atomic E-state index is -0.507. The summed E-state index contributed by atoms with van der Waals surface area (Å²) in [7, 11) is 0. The summed E-state index contributed by atoms with van der Waals surface area (Å²) in [6, 6.07) is 0.227. The Morgan fingerprint density at radius 3 is 1.79 bits per heavy atom. The molecule has 0 bridgehead atoms. The molecule has 0 spiro atoms. The van der Waals surface area contributed by atoms with Gasteiger partial charge in [-0.25, -0.2) is 0 Å². The first-order valence-corrected chi connectivity index (χ1v) is 7.27. The summed E-state index contributed by atoms with van der Waals surface area (Å²) in [5.74, 6) is 0. The molecule has 0 aromatic heterocycles. The fourth-order valence-electron chi connectivity index (χ4n) is 1.85. The molecule has 0 amide bonds. The zero-order valence-electron chi connectivity index (χ0n) is 14.0. The highest BCUT2D eigenvalue weighted by molar-refractivity contribution is 4.96. The molecular formula is C15H36N4. The van der Waals surface area contributed by atoms with Gasteiger partial charge in [-0.3, -0.25) is 0 Å². The van der Waals surface area contributed by atoms with Gasteiger partial charge in [-0.1, -0.05) is 41.5 Å². The Morgan fingerprint density at radius 2 is 1.47 bits per heavy atom. The van der Waals surface area contributed by atoms with Crippen molar-refractivity contribution in [2.24, 2.45) is 28.0 Å².